The van der Waals surface area contributed by atoms with Gasteiger partial charge in [-0.3, -0.25) is 4.98 Å². The van der Waals surface area contributed by atoms with E-state index in [4.69, 9.17) is 5.73 Å². The van der Waals surface area contributed by atoms with Crippen molar-refractivity contribution in [2.75, 3.05) is 0 Å². The second-order valence-electron chi connectivity index (χ2n) is 3.99. The van der Waals surface area contributed by atoms with E-state index in [1.807, 2.05) is 31.3 Å². The summed E-state index contributed by atoms with van der Waals surface area (Å²) in [6.45, 7) is 1.85. The fourth-order valence-corrected chi connectivity index (χ4v) is 1.93. The number of benzene rings is 1. The zero-order valence-corrected chi connectivity index (χ0v) is 9.98. The van der Waals surface area contributed by atoms with Crippen LogP contribution in [0.25, 0.3) is 10.8 Å². The molecule has 2 rings (SSSR count). The smallest absolute Gasteiger partial charge is 0.0649 e. The van der Waals surface area contributed by atoms with E-state index in [0.717, 1.165) is 23.9 Å². The molecule has 0 aliphatic carbocycles. The molecule has 0 amide bonds. The fraction of sp³-hybridized carbons (Fsp3) is 0.267. The van der Waals surface area contributed by atoms with E-state index in [1.165, 1.54) is 5.39 Å². The normalized spacial score (nSPS) is 11.9. The fourth-order valence-electron chi connectivity index (χ4n) is 1.93. The van der Waals surface area contributed by atoms with Crippen LogP contribution in [0.1, 0.15) is 31.5 Å². The van der Waals surface area contributed by atoms with Gasteiger partial charge in [0.15, 0.2) is 0 Å². The molecule has 1 atom stereocenters. The topological polar surface area (TPSA) is 38.9 Å². The van der Waals surface area contributed by atoms with Gasteiger partial charge in [-0.1, -0.05) is 24.3 Å². The van der Waals surface area contributed by atoms with Crippen molar-refractivity contribution < 1.29 is 0 Å². The Kier molecular flexibility index (Phi) is 3.74. The molecule has 1 aromatic heterocycles. The lowest BCUT2D eigenvalue weighted by molar-refractivity contribution is 0.654. The van der Waals surface area contributed by atoms with Crippen molar-refractivity contribution in [3.63, 3.8) is 0 Å². The SMILES string of the molecule is CC#CCCC(N)c1nccc2ccccc12. The molecular formula is C15H16N2. The van der Waals surface area contributed by atoms with E-state index in [2.05, 4.69) is 29.0 Å². The summed E-state index contributed by atoms with van der Waals surface area (Å²) in [5, 5.41) is 2.33. The van der Waals surface area contributed by atoms with E-state index in [9.17, 15) is 0 Å². The molecule has 0 spiro atoms. The molecule has 1 heterocycles. The van der Waals surface area contributed by atoms with Gasteiger partial charge >= 0.3 is 0 Å². The monoisotopic (exact) mass is 224 g/mol. The minimum absolute atomic E-state index is 0.0399. The van der Waals surface area contributed by atoms with Crippen LogP contribution in [-0.4, -0.2) is 4.98 Å². The predicted octanol–water partition coefficient (Wildman–Crippen LogP) is 3.04. The number of pyridine rings is 1. The second-order valence-corrected chi connectivity index (χ2v) is 3.99. The predicted molar refractivity (Wildman–Crippen MR) is 71.4 cm³/mol. The number of nitrogens with two attached hydrogens (primary N) is 1. The lowest BCUT2D eigenvalue weighted by Crippen LogP contribution is -2.12. The van der Waals surface area contributed by atoms with Crippen molar-refractivity contribution in [1.82, 2.24) is 4.98 Å². The lowest BCUT2D eigenvalue weighted by Gasteiger charge is -2.12. The summed E-state index contributed by atoms with van der Waals surface area (Å²) in [5.74, 6) is 5.92. The summed E-state index contributed by atoms with van der Waals surface area (Å²) in [6.07, 6.45) is 3.49. The van der Waals surface area contributed by atoms with Crippen LogP contribution in [0.15, 0.2) is 36.5 Å². The standard InChI is InChI=1S/C15H16N2/c1-2-3-4-9-14(16)15-13-8-6-5-7-12(13)10-11-17-15/h5-8,10-11,14H,4,9,16H2,1H3. The van der Waals surface area contributed by atoms with Gasteiger partial charge in [-0.15, -0.1) is 11.8 Å². The first kappa shape index (κ1) is 11.6. The van der Waals surface area contributed by atoms with Gasteiger partial charge in [0.25, 0.3) is 0 Å². The van der Waals surface area contributed by atoms with Crippen LogP contribution in [0.2, 0.25) is 0 Å². The highest BCUT2D eigenvalue weighted by molar-refractivity contribution is 5.84. The average Bonchev–Trinajstić information content (AvgIpc) is 2.38. The Morgan fingerprint density at radius 3 is 2.94 bits per heavy atom. The van der Waals surface area contributed by atoms with Crippen LogP contribution in [0.4, 0.5) is 0 Å². The molecule has 1 unspecified atom stereocenters. The quantitative estimate of drug-likeness (QED) is 0.814. The molecule has 0 fully saturated rings. The van der Waals surface area contributed by atoms with Crippen molar-refractivity contribution in [3.05, 3.63) is 42.2 Å². The second kappa shape index (κ2) is 5.47. The summed E-state index contributed by atoms with van der Waals surface area (Å²) >= 11 is 0. The highest BCUT2D eigenvalue weighted by Crippen LogP contribution is 2.22. The van der Waals surface area contributed by atoms with Crippen LogP contribution in [-0.2, 0) is 0 Å². The van der Waals surface area contributed by atoms with Crippen molar-refractivity contribution in [3.8, 4) is 11.8 Å². The number of rotatable bonds is 3. The molecule has 0 bridgehead atoms. The van der Waals surface area contributed by atoms with E-state index >= 15 is 0 Å². The first-order chi connectivity index (χ1) is 8.33. The zero-order chi connectivity index (χ0) is 12.1. The largest absolute Gasteiger partial charge is 0.323 e. The third kappa shape index (κ3) is 2.64. The van der Waals surface area contributed by atoms with Crippen LogP contribution in [0, 0.1) is 11.8 Å². The van der Waals surface area contributed by atoms with Crippen LogP contribution in [0.5, 0.6) is 0 Å². The average molecular weight is 224 g/mol. The molecule has 2 nitrogen and oxygen atoms in total. The number of nitrogens with zero attached hydrogens (tertiary/aromatic N) is 1. The first-order valence-electron chi connectivity index (χ1n) is 5.81. The Morgan fingerprint density at radius 2 is 2.12 bits per heavy atom. The van der Waals surface area contributed by atoms with Crippen molar-refractivity contribution in [2.45, 2.75) is 25.8 Å². The molecule has 0 aliphatic heterocycles. The summed E-state index contributed by atoms with van der Waals surface area (Å²) in [7, 11) is 0. The van der Waals surface area contributed by atoms with E-state index in [-0.39, 0.29) is 6.04 Å². The molecule has 0 saturated heterocycles. The molecule has 2 aromatic rings. The number of hydrogen-bond donors (Lipinski definition) is 1. The van der Waals surface area contributed by atoms with Gasteiger partial charge in [0.2, 0.25) is 0 Å². The lowest BCUT2D eigenvalue weighted by atomic mass is 10.0. The highest BCUT2D eigenvalue weighted by atomic mass is 14.8. The molecule has 0 radical (unpaired) electrons. The Bertz CT molecular complexity index is 558. The van der Waals surface area contributed by atoms with Gasteiger partial charge in [0.05, 0.1) is 5.69 Å². The van der Waals surface area contributed by atoms with Crippen molar-refractivity contribution >= 4 is 10.8 Å². The van der Waals surface area contributed by atoms with Gasteiger partial charge in [-0.2, -0.15) is 0 Å². The number of hydrogen-bond acceptors (Lipinski definition) is 2. The number of fused-ring (bicyclic) bond motifs is 1. The van der Waals surface area contributed by atoms with E-state index in [0.29, 0.717) is 0 Å². The van der Waals surface area contributed by atoms with Crippen LogP contribution < -0.4 is 5.73 Å². The summed E-state index contributed by atoms with van der Waals surface area (Å²) in [6, 6.07) is 10.2. The third-order valence-electron chi connectivity index (χ3n) is 2.81. The maximum atomic E-state index is 6.17. The Labute approximate surface area is 102 Å². The highest BCUT2D eigenvalue weighted by Gasteiger charge is 2.10. The Morgan fingerprint density at radius 1 is 1.29 bits per heavy atom. The van der Waals surface area contributed by atoms with Crippen molar-refractivity contribution in [2.24, 2.45) is 5.73 Å². The van der Waals surface area contributed by atoms with Gasteiger partial charge < -0.3 is 5.73 Å². The Balaban J connectivity index is 2.30. The molecule has 0 aliphatic rings. The van der Waals surface area contributed by atoms with Gasteiger partial charge in [0, 0.05) is 24.0 Å². The zero-order valence-electron chi connectivity index (χ0n) is 9.98. The summed E-state index contributed by atoms with van der Waals surface area (Å²) in [5.41, 5.74) is 7.14. The summed E-state index contributed by atoms with van der Waals surface area (Å²) < 4.78 is 0. The van der Waals surface area contributed by atoms with Gasteiger partial charge in [0.1, 0.15) is 0 Å². The molecule has 17 heavy (non-hydrogen) atoms. The van der Waals surface area contributed by atoms with Crippen LogP contribution >= 0.6 is 0 Å². The summed E-state index contributed by atoms with van der Waals surface area (Å²) in [4.78, 5) is 4.41. The minimum Gasteiger partial charge on any atom is -0.323 e. The third-order valence-corrected chi connectivity index (χ3v) is 2.81. The molecule has 86 valence electrons. The van der Waals surface area contributed by atoms with Gasteiger partial charge in [-0.25, -0.2) is 0 Å². The molecule has 0 saturated carbocycles. The number of aromatic nitrogens is 1. The Hall–Kier alpha value is -1.85. The van der Waals surface area contributed by atoms with Gasteiger partial charge in [-0.05, 0) is 24.8 Å². The molecule has 2 N–H and O–H groups in total. The molecule has 2 heteroatoms. The minimum atomic E-state index is -0.0399. The van der Waals surface area contributed by atoms with Crippen LogP contribution in [0.3, 0.4) is 0 Å². The maximum absolute atomic E-state index is 6.17. The van der Waals surface area contributed by atoms with E-state index in [1.54, 1.807) is 0 Å². The van der Waals surface area contributed by atoms with E-state index < -0.39 is 0 Å². The molecule has 1 aromatic carbocycles. The molecular weight excluding hydrogens is 208 g/mol. The van der Waals surface area contributed by atoms with Crippen molar-refractivity contribution in [1.29, 1.82) is 0 Å². The maximum Gasteiger partial charge on any atom is 0.0649 e. The first-order valence-corrected chi connectivity index (χ1v) is 5.81.